The zero-order valence-electron chi connectivity index (χ0n) is 10.2. The summed E-state index contributed by atoms with van der Waals surface area (Å²) in [7, 11) is 0. The fourth-order valence-corrected chi connectivity index (χ4v) is 2.99. The van der Waals surface area contributed by atoms with E-state index < -0.39 is 0 Å². The maximum Gasteiger partial charge on any atom is 0.0443 e. The Bertz CT molecular complexity index is 466. The van der Waals surface area contributed by atoms with Crippen molar-refractivity contribution in [1.82, 2.24) is 4.90 Å². The lowest BCUT2D eigenvalue weighted by atomic mass is 10.1. The van der Waals surface area contributed by atoms with Crippen LogP contribution in [-0.4, -0.2) is 29.7 Å². The fourth-order valence-electron chi connectivity index (χ4n) is 2.04. The van der Waals surface area contributed by atoms with Gasteiger partial charge in [0.2, 0.25) is 0 Å². The molecule has 1 heterocycles. The highest BCUT2D eigenvalue weighted by Crippen LogP contribution is 2.26. The smallest absolute Gasteiger partial charge is 0.0443 e. The maximum atomic E-state index is 8.88. The summed E-state index contributed by atoms with van der Waals surface area (Å²) in [6, 6.07) is 8.56. The number of hydrogen-bond acceptors (Lipinski definition) is 3. The SMILES string of the molecule is CCN(CCCO)Cc1csc2ccccc12. The molecule has 1 aromatic heterocycles. The minimum atomic E-state index is 0.279. The summed E-state index contributed by atoms with van der Waals surface area (Å²) in [4.78, 5) is 2.38. The van der Waals surface area contributed by atoms with E-state index in [9.17, 15) is 0 Å². The molecule has 17 heavy (non-hydrogen) atoms. The van der Waals surface area contributed by atoms with Crippen LogP contribution in [0.2, 0.25) is 0 Å². The standard InChI is InChI=1S/C14H19NOS/c1-2-15(8-5-9-16)10-12-11-17-14-7-4-3-6-13(12)14/h3-4,6-7,11,16H,2,5,8-10H2,1H3. The van der Waals surface area contributed by atoms with Crippen LogP contribution in [0.4, 0.5) is 0 Å². The third-order valence-corrected chi connectivity index (χ3v) is 4.05. The average Bonchev–Trinajstić information content (AvgIpc) is 2.78. The van der Waals surface area contributed by atoms with Crippen LogP contribution in [0.3, 0.4) is 0 Å². The summed E-state index contributed by atoms with van der Waals surface area (Å²) in [5, 5.41) is 12.5. The molecule has 0 bridgehead atoms. The molecule has 2 rings (SSSR count). The molecule has 2 aromatic rings. The normalized spacial score (nSPS) is 11.5. The molecule has 0 fully saturated rings. The van der Waals surface area contributed by atoms with Gasteiger partial charge < -0.3 is 5.11 Å². The number of aliphatic hydroxyl groups excluding tert-OH is 1. The van der Waals surface area contributed by atoms with E-state index in [2.05, 4.69) is 41.5 Å². The Morgan fingerprint density at radius 2 is 2.12 bits per heavy atom. The summed E-state index contributed by atoms with van der Waals surface area (Å²) < 4.78 is 1.36. The van der Waals surface area contributed by atoms with Crippen molar-refractivity contribution in [3.63, 3.8) is 0 Å². The second kappa shape index (κ2) is 6.15. The van der Waals surface area contributed by atoms with Crippen molar-refractivity contribution in [3.05, 3.63) is 35.2 Å². The van der Waals surface area contributed by atoms with Gasteiger partial charge in [0.1, 0.15) is 0 Å². The zero-order chi connectivity index (χ0) is 12.1. The Balaban J connectivity index is 2.11. The molecule has 0 atom stereocenters. The maximum absolute atomic E-state index is 8.88. The second-order valence-corrected chi connectivity index (χ2v) is 5.11. The third kappa shape index (κ3) is 3.06. The molecule has 0 radical (unpaired) electrons. The highest BCUT2D eigenvalue weighted by Gasteiger charge is 2.07. The van der Waals surface area contributed by atoms with E-state index in [-0.39, 0.29) is 6.61 Å². The van der Waals surface area contributed by atoms with Crippen LogP contribution in [0.25, 0.3) is 10.1 Å². The van der Waals surface area contributed by atoms with Gasteiger partial charge in [0, 0.05) is 24.4 Å². The molecule has 0 aliphatic carbocycles. The minimum Gasteiger partial charge on any atom is -0.396 e. The predicted molar refractivity (Wildman–Crippen MR) is 74.5 cm³/mol. The number of nitrogens with zero attached hydrogens (tertiary/aromatic N) is 1. The Labute approximate surface area is 106 Å². The summed E-state index contributed by atoms with van der Waals surface area (Å²) in [5.41, 5.74) is 1.41. The number of benzene rings is 1. The summed E-state index contributed by atoms with van der Waals surface area (Å²) in [5.74, 6) is 0. The van der Waals surface area contributed by atoms with Gasteiger partial charge in [-0.05, 0) is 35.4 Å². The van der Waals surface area contributed by atoms with Crippen LogP contribution < -0.4 is 0 Å². The van der Waals surface area contributed by atoms with Crippen molar-refractivity contribution in [2.24, 2.45) is 0 Å². The van der Waals surface area contributed by atoms with Crippen LogP contribution in [0.15, 0.2) is 29.6 Å². The van der Waals surface area contributed by atoms with Crippen molar-refractivity contribution in [2.45, 2.75) is 19.9 Å². The Morgan fingerprint density at radius 3 is 2.88 bits per heavy atom. The number of thiophene rings is 1. The molecule has 0 amide bonds. The largest absolute Gasteiger partial charge is 0.396 e. The molecule has 0 spiro atoms. The molecular weight excluding hydrogens is 230 g/mol. The van der Waals surface area contributed by atoms with E-state index in [0.29, 0.717) is 0 Å². The van der Waals surface area contributed by atoms with Gasteiger partial charge in [-0.25, -0.2) is 0 Å². The van der Waals surface area contributed by atoms with Crippen LogP contribution in [-0.2, 0) is 6.54 Å². The molecule has 3 heteroatoms. The molecule has 1 aromatic carbocycles. The fraction of sp³-hybridized carbons (Fsp3) is 0.429. The van der Waals surface area contributed by atoms with E-state index in [4.69, 9.17) is 5.11 Å². The zero-order valence-corrected chi connectivity index (χ0v) is 11.0. The Hall–Kier alpha value is -0.900. The van der Waals surface area contributed by atoms with E-state index in [1.54, 1.807) is 0 Å². The monoisotopic (exact) mass is 249 g/mol. The molecular formula is C14H19NOS. The molecule has 0 saturated carbocycles. The Morgan fingerprint density at radius 1 is 1.29 bits per heavy atom. The van der Waals surface area contributed by atoms with Crippen molar-refractivity contribution < 1.29 is 5.11 Å². The van der Waals surface area contributed by atoms with Gasteiger partial charge in [0.25, 0.3) is 0 Å². The van der Waals surface area contributed by atoms with Crippen LogP contribution in [0, 0.1) is 0 Å². The lowest BCUT2D eigenvalue weighted by molar-refractivity contribution is 0.226. The molecule has 0 saturated heterocycles. The lowest BCUT2D eigenvalue weighted by Gasteiger charge is -2.19. The summed E-state index contributed by atoms with van der Waals surface area (Å²) in [6.45, 7) is 5.44. The molecule has 2 nitrogen and oxygen atoms in total. The van der Waals surface area contributed by atoms with Crippen molar-refractivity contribution in [2.75, 3.05) is 19.7 Å². The van der Waals surface area contributed by atoms with E-state index in [1.807, 2.05) is 11.3 Å². The summed E-state index contributed by atoms with van der Waals surface area (Å²) in [6.07, 6.45) is 0.857. The highest BCUT2D eigenvalue weighted by atomic mass is 32.1. The Kier molecular flexibility index (Phi) is 4.54. The van der Waals surface area contributed by atoms with Crippen LogP contribution in [0.5, 0.6) is 0 Å². The predicted octanol–water partition coefficient (Wildman–Crippen LogP) is 3.11. The van der Waals surface area contributed by atoms with E-state index >= 15 is 0 Å². The van der Waals surface area contributed by atoms with E-state index in [1.165, 1.54) is 15.6 Å². The van der Waals surface area contributed by atoms with E-state index in [0.717, 1.165) is 26.1 Å². The van der Waals surface area contributed by atoms with Crippen molar-refractivity contribution in [3.8, 4) is 0 Å². The van der Waals surface area contributed by atoms with Crippen molar-refractivity contribution in [1.29, 1.82) is 0 Å². The van der Waals surface area contributed by atoms with Gasteiger partial charge in [-0.3, -0.25) is 4.90 Å². The molecule has 0 aliphatic rings. The first-order valence-corrected chi connectivity index (χ1v) is 7.01. The average molecular weight is 249 g/mol. The van der Waals surface area contributed by atoms with Gasteiger partial charge in [0.15, 0.2) is 0 Å². The minimum absolute atomic E-state index is 0.279. The second-order valence-electron chi connectivity index (χ2n) is 4.20. The molecule has 0 unspecified atom stereocenters. The van der Waals surface area contributed by atoms with Crippen LogP contribution >= 0.6 is 11.3 Å². The number of fused-ring (bicyclic) bond motifs is 1. The quantitative estimate of drug-likeness (QED) is 0.850. The molecule has 0 aliphatic heterocycles. The van der Waals surface area contributed by atoms with Gasteiger partial charge in [-0.2, -0.15) is 0 Å². The van der Waals surface area contributed by atoms with Gasteiger partial charge in [-0.15, -0.1) is 11.3 Å². The highest BCUT2D eigenvalue weighted by molar-refractivity contribution is 7.17. The molecule has 92 valence electrons. The summed E-state index contributed by atoms with van der Waals surface area (Å²) >= 11 is 1.81. The van der Waals surface area contributed by atoms with Crippen LogP contribution in [0.1, 0.15) is 18.9 Å². The lowest BCUT2D eigenvalue weighted by Crippen LogP contribution is -2.24. The topological polar surface area (TPSA) is 23.5 Å². The first-order valence-electron chi connectivity index (χ1n) is 6.13. The van der Waals surface area contributed by atoms with Gasteiger partial charge in [0.05, 0.1) is 0 Å². The van der Waals surface area contributed by atoms with Crippen molar-refractivity contribution >= 4 is 21.4 Å². The molecule has 1 N–H and O–H groups in total. The first kappa shape index (κ1) is 12.6. The van der Waals surface area contributed by atoms with Gasteiger partial charge >= 0.3 is 0 Å². The number of hydrogen-bond donors (Lipinski definition) is 1. The first-order chi connectivity index (χ1) is 8.35. The van der Waals surface area contributed by atoms with Gasteiger partial charge in [-0.1, -0.05) is 25.1 Å². The number of aliphatic hydroxyl groups is 1. The third-order valence-electron chi connectivity index (χ3n) is 3.03. The number of rotatable bonds is 6.